The SMILES string of the molecule is Cc1cccc(C(N)=O)c1[C@@H](CS(=O)(=O)Cc1ccccc1OC(F)F)C(=O)NCC#N. The van der Waals surface area contributed by atoms with Crippen molar-refractivity contribution in [3.05, 3.63) is 64.7 Å². The van der Waals surface area contributed by atoms with E-state index in [1.54, 1.807) is 19.1 Å². The lowest BCUT2D eigenvalue weighted by molar-refractivity contribution is -0.121. The van der Waals surface area contributed by atoms with Gasteiger partial charge in [-0.15, -0.1) is 0 Å². The van der Waals surface area contributed by atoms with Gasteiger partial charge in [-0.05, 0) is 30.2 Å². The highest BCUT2D eigenvalue weighted by atomic mass is 32.2. The van der Waals surface area contributed by atoms with E-state index in [9.17, 15) is 26.8 Å². The summed E-state index contributed by atoms with van der Waals surface area (Å²) < 4.78 is 55.7. The molecular formula is C21H21F2N3O5S. The van der Waals surface area contributed by atoms with Crippen LogP contribution in [0.3, 0.4) is 0 Å². The minimum absolute atomic E-state index is 0.0103. The van der Waals surface area contributed by atoms with Crippen molar-refractivity contribution in [1.29, 1.82) is 5.26 Å². The number of alkyl halides is 2. The van der Waals surface area contributed by atoms with E-state index >= 15 is 0 Å². The third kappa shape index (κ3) is 6.49. The van der Waals surface area contributed by atoms with Gasteiger partial charge < -0.3 is 15.8 Å². The van der Waals surface area contributed by atoms with Gasteiger partial charge in [0.1, 0.15) is 12.3 Å². The van der Waals surface area contributed by atoms with Gasteiger partial charge in [-0.25, -0.2) is 8.42 Å². The number of carbonyl (C=O) groups excluding carboxylic acids is 2. The zero-order valence-corrected chi connectivity index (χ0v) is 17.9. The highest BCUT2D eigenvalue weighted by Crippen LogP contribution is 2.29. The van der Waals surface area contributed by atoms with Crippen LogP contribution >= 0.6 is 0 Å². The van der Waals surface area contributed by atoms with Crippen LogP contribution in [-0.4, -0.2) is 39.1 Å². The number of hydrogen-bond acceptors (Lipinski definition) is 6. The second-order valence-electron chi connectivity index (χ2n) is 6.87. The zero-order chi connectivity index (χ0) is 23.9. The lowest BCUT2D eigenvalue weighted by Gasteiger charge is -2.21. The van der Waals surface area contributed by atoms with Gasteiger partial charge in [0.15, 0.2) is 9.84 Å². The Morgan fingerprint density at radius 2 is 1.88 bits per heavy atom. The smallest absolute Gasteiger partial charge is 0.387 e. The Bertz CT molecular complexity index is 1150. The molecule has 170 valence electrons. The number of sulfone groups is 1. The number of para-hydroxylation sites is 1. The monoisotopic (exact) mass is 465 g/mol. The van der Waals surface area contributed by atoms with Gasteiger partial charge in [-0.3, -0.25) is 9.59 Å². The lowest BCUT2D eigenvalue weighted by atomic mass is 9.90. The number of amides is 2. The number of halogens is 2. The molecule has 3 N–H and O–H groups in total. The summed E-state index contributed by atoms with van der Waals surface area (Å²) in [6.45, 7) is -1.93. The molecule has 32 heavy (non-hydrogen) atoms. The normalized spacial score (nSPS) is 12.1. The Labute approximate surface area is 183 Å². The molecule has 2 aromatic carbocycles. The Kier molecular flexibility index (Phi) is 8.26. The van der Waals surface area contributed by atoms with Crippen LogP contribution in [-0.2, 0) is 20.4 Å². The maximum atomic E-state index is 13.0. The molecule has 0 aliphatic heterocycles. The summed E-state index contributed by atoms with van der Waals surface area (Å²) in [5, 5.41) is 11.1. The van der Waals surface area contributed by atoms with E-state index in [-0.39, 0.29) is 29.0 Å². The molecule has 0 fully saturated rings. The third-order valence-corrected chi connectivity index (χ3v) is 6.17. The van der Waals surface area contributed by atoms with Gasteiger partial charge in [0.2, 0.25) is 11.8 Å². The summed E-state index contributed by atoms with van der Waals surface area (Å²) in [6.07, 6.45) is 0. The van der Waals surface area contributed by atoms with E-state index in [1.165, 1.54) is 36.4 Å². The number of benzene rings is 2. The van der Waals surface area contributed by atoms with Crippen LogP contribution in [0.4, 0.5) is 8.78 Å². The average molecular weight is 465 g/mol. The number of nitriles is 1. The molecule has 0 aromatic heterocycles. The van der Waals surface area contributed by atoms with Crippen molar-refractivity contribution in [2.75, 3.05) is 12.3 Å². The summed E-state index contributed by atoms with van der Waals surface area (Å²) >= 11 is 0. The van der Waals surface area contributed by atoms with Crippen molar-refractivity contribution in [2.45, 2.75) is 25.2 Å². The van der Waals surface area contributed by atoms with E-state index in [4.69, 9.17) is 11.0 Å². The predicted molar refractivity (Wildman–Crippen MR) is 112 cm³/mol. The van der Waals surface area contributed by atoms with E-state index in [0.717, 1.165) is 0 Å². The Hall–Kier alpha value is -3.52. The number of primary amides is 1. The third-order valence-electron chi connectivity index (χ3n) is 4.58. The second-order valence-corrected chi connectivity index (χ2v) is 8.98. The number of carbonyl (C=O) groups is 2. The van der Waals surface area contributed by atoms with Gasteiger partial charge in [-0.1, -0.05) is 30.3 Å². The number of nitrogens with zero attached hydrogens (tertiary/aromatic N) is 1. The number of ether oxygens (including phenoxy) is 1. The molecule has 0 saturated carbocycles. The summed E-state index contributed by atoms with van der Waals surface area (Å²) in [7, 11) is -4.09. The summed E-state index contributed by atoms with van der Waals surface area (Å²) in [5.74, 6) is -4.74. The van der Waals surface area contributed by atoms with Gasteiger partial charge in [0.25, 0.3) is 0 Å². The molecule has 0 spiro atoms. The van der Waals surface area contributed by atoms with E-state index in [1.807, 2.05) is 0 Å². The summed E-state index contributed by atoms with van der Waals surface area (Å²) in [4.78, 5) is 24.7. The number of aryl methyl sites for hydroxylation is 1. The van der Waals surface area contributed by atoms with E-state index < -0.39 is 45.7 Å². The molecule has 11 heteroatoms. The van der Waals surface area contributed by atoms with Crippen molar-refractivity contribution in [1.82, 2.24) is 5.32 Å². The van der Waals surface area contributed by atoms with Crippen LogP contribution < -0.4 is 15.8 Å². The summed E-state index contributed by atoms with van der Waals surface area (Å²) in [5.41, 5.74) is 5.95. The van der Waals surface area contributed by atoms with Crippen molar-refractivity contribution in [2.24, 2.45) is 5.73 Å². The van der Waals surface area contributed by atoms with Gasteiger partial charge in [-0.2, -0.15) is 14.0 Å². The van der Waals surface area contributed by atoms with Gasteiger partial charge in [0.05, 0.1) is 23.5 Å². The number of hydrogen-bond donors (Lipinski definition) is 2. The molecule has 2 rings (SSSR count). The van der Waals surface area contributed by atoms with Gasteiger partial charge in [0, 0.05) is 11.1 Å². The highest BCUT2D eigenvalue weighted by Gasteiger charge is 2.32. The fourth-order valence-corrected chi connectivity index (χ4v) is 4.94. The minimum atomic E-state index is -4.09. The molecular weight excluding hydrogens is 444 g/mol. The van der Waals surface area contributed by atoms with Crippen LogP contribution in [0.1, 0.15) is 33.0 Å². The van der Waals surface area contributed by atoms with Crippen LogP contribution in [0.15, 0.2) is 42.5 Å². The van der Waals surface area contributed by atoms with Crippen LogP contribution in [0.5, 0.6) is 5.75 Å². The Morgan fingerprint density at radius 1 is 1.19 bits per heavy atom. The second kappa shape index (κ2) is 10.7. The molecule has 0 aliphatic carbocycles. The minimum Gasteiger partial charge on any atom is -0.435 e. The van der Waals surface area contributed by atoms with Crippen molar-refractivity contribution in [3.8, 4) is 11.8 Å². The zero-order valence-electron chi connectivity index (χ0n) is 17.0. The fraction of sp³-hybridized carbons (Fsp3) is 0.286. The predicted octanol–water partition coefficient (Wildman–Crippen LogP) is 2.03. The molecule has 2 aromatic rings. The first-order chi connectivity index (χ1) is 15.1. The molecule has 0 saturated heterocycles. The number of nitrogens with one attached hydrogen (secondary N) is 1. The number of rotatable bonds is 10. The molecule has 0 aliphatic rings. The average Bonchev–Trinajstić information content (AvgIpc) is 2.71. The van der Waals surface area contributed by atoms with Crippen molar-refractivity contribution >= 4 is 21.7 Å². The van der Waals surface area contributed by atoms with Crippen LogP contribution in [0.2, 0.25) is 0 Å². The first-order valence-corrected chi connectivity index (χ1v) is 11.1. The molecule has 0 unspecified atom stereocenters. The molecule has 0 bridgehead atoms. The van der Waals surface area contributed by atoms with Crippen molar-refractivity contribution < 1.29 is 31.5 Å². The fourth-order valence-electron chi connectivity index (χ4n) is 3.28. The molecule has 2 amide bonds. The topological polar surface area (TPSA) is 139 Å². The quantitative estimate of drug-likeness (QED) is 0.515. The molecule has 0 radical (unpaired) electrons. The van der Waals surface area contributed by atoms with Crippen LogP contribution in [0.25, 0.3) is 0 Å². The van der Waals surface area contributed by atoms with Gasteiger partial charge >= 0.3 is 6.61 Å². The molecule has 1 atom stereocenters. The first-order valence-electron chi connectivity index (χ1n) is 9.33. The largest absolute Gasteiger partial charge is 0.435 e. The summed E-state index contributed by atoms with van der Waals surface area (Å²) in [6, 6.07) is 11.6. The standard InChI is InChI=1S/C21H21F2N3O5S/c1-13-5-4-7-15(19(25)27)18(13)16(20(28)26-10-9-24)12-32(29,30)11-14-6-2-3-8-17(14)31-21(22)23/h2-8,16,21H,10-12H2,1H3,(H2,25,27)(H,26,28)/t16-/m1/s1. The van der Waals surface area contributed by atoms with Crippen LogP contribution in [0, 0.1) is 18.3 Å². The van der Waals surface area contributed by atoms with E-state index in [0.29, 0.717) is 5.56 Å². The Balaban J connectivity index is 2.47. The Morgan fingerprint density at radius 3 is 2.50 bits per heavy atom. The lowest BCUT2D eigenvalue weighted by Crippen LogP contribution is -2.35. The number of nitrogens with two attached hydrogens (primary N) is 1. The maximum absolute atomic E-state index is 13.0. The van der Waals surface area contributed by atoms with Crippen molar-refractivity contribution in [3.63, 3.8) is 0 Å². The van der Waals surface area contributed by atoms with E-state index in [2.05, 4.69) is 10.1 Å². The first kappa shape index (κ1) is 24.7. The molecule has 8 nitrogen and oxygen atoms in total. The molecule has 0 heterocycles. The maximum Gasteiger partial charge on any atom is 0.387 e. The highest BCUT2D eigenvalue weighted by molar-refractivity contribution is 7.90.